The third kappa shape index (κ3) is 2.64. The van der Waals surface area contributed by atoms with Gasteiger partial charge in [-0.3, -0.25) is 0 Å². The lowest BCUT2D eigenvalue weighted by molar-refractivity contribution is -0.138. The van der Waals surface area contributed by atoms with E-state index in [0.29, 0.717) is 39.8 Å². The fraction of sp³-hybridized carbons (Fsp3) is 0.188. The quantitative estimate of drug-likeness (QED) is 0.885. The van der Waals surface area contributed by atoms with Gasteiger partial charge in [-0.1, -0.05) is 29.3 Å². The lowest BCUT2D eigenvalue weighted by atomic mass is 9.92. The van der Waals surface area contributed by atoms with Gasteiger partial charge >= 0.3 is 5.97 Å². The zero-order chi connectivity index (χ0) is 15.9. The largest absolute Gasteiger partial charge is 0.479 e. The second-order valence-corrected chi connectivity index (χ2v) is 5.97. The maximum Gasteiger partial charge on any atom is 0.331 e. The summed E-state index contributed by atoms with van der Waals surface area (Å²) in [7, 11) is 0. The molecule has 0 radical (unpaired) electrons. The van der Waals surface area contributed by atoms with Crippen LogP contribution in [0.3, 0.4) is 0 Å². The molecule has 0 saturated heterocycles. The maximum atomic E-state index is 13.4. The normalized spacial score (nSPS) is 17.2. The van der Waals surface area contributed by atoms with E-state index in [1.165, 1.54) is 18.2 Å². The van der Waals surface area contributed by atoms with E-state index < -0.39 is 12.0 Å². The first-order valence-corrected chi connectivity index (χ1v) is 7.46. The lowest BCUT2D eigenvalue weighted by Crippen LogP contribution is -2.40. The zero-order valence-corrected chi connectivity index (χ0v) is 12.9. The predicted molar refractivity (Wildman–Crippen MR) is 84.3 cm³/mol. The average molecular weight is 340 g/mol. The fourth-order valence-electron chi connectivity index (χ4n) is 2.84. The van der Waals surface area contributed by atoms with Crippen molar-refractivity contribution in [1.29, 1.82) is 0 Å². The molecule has 0 bridgehead atoms. The van der Waals surface area contributed by atoms with Crippen molar-refractivity contribution >= 4 is 34.9 Å². The zero-order valence-electron chi connectivity index (χ0n) is 11.4. The molecular formula is C16H12Cl2FNO2. The summed E-state index contributed by atoms with van der Waals surface area (Å²) in [6, 6.07) is 8.25. The average Bonchev–Trinajstić information content (AvgIpc) is 2.46. The monoisotopic (exact) mass is 339 g/mol. The van der Waals surface area contributed by atoms with E-state index in [1.807, 2.05) is 0 Å². The fourth-order valence-corrected chi connectivity index (χ4v) is 3.35. The van der Waals surface area contributed by atoms with Crippen molar-refractivity contribution in [3.8, 4) is 0 Å². The van der Waals surface area contributed by atoms with Gasteiger partial charge in [0.15, 0.2) is 6.04 Å². The standard InChI is InChI=1S/C16H12Cl2FNO2/c17-10-1-4-14(13(18)8-10)20-6-5-9-7-11(19)2-3-12(9)15(20)16(21)22/h1-4,7-8,15H,5-6H2,(H,21,22)/t15-/m1/s1. The summed E-state index contributed by atoms with van der Waals surface area (Å²) in [6.45, 7) is 0.439. The van der Waals surface area contributed by atoms with Gasteiger partial charge in [-0.15, -0.1) is 0 Å². The molecule has 0 spiro atoms. The molecule has 1 N–H and O–H groups in total. The van der Waals surface area contributed by atoms with E-state index >= 15 is 0 Å². The van der Waals surface area contributed by atoms with Crippen LogP contribution >= 0.6 is 23.2 Å². The molecule has 1 aliphatic heterocycles. The van der Waals surface area contributed by atoms with Crippen LogP contribution in [0.4, 0.5) is 10.1 Å². The number of hydrogen-bond acceptors (Lipinski definition) is 2. The van der Waals surface area contributed by atoms with Crippen molar-refractivity contribution < 1.29 is 14.3 Å². The number of carboxylic acids is 1. The molecule has 114 valence electrons. The Morgan fingerprint density at radius 2 is 2.00 bits per heavy atom. The number of anilines is 1. The number of fused-ring (bicyclic) bond motifs is 1. The molecule has 3 nitrogen and oxygen atoms in total. The van der Waals surface area contributed by atoms with Crippen LogP contribution in [-0.2, 0) is 11.2 Å². The predicted octanol–water partition coefficient (Wildman–Crippen LogP) is 4.32. The van der Waals surface area contributed by atoms with Gasteiger partial charge in [0.1, 0.15) is 5.82 Å². The molecule has 0 amide bonds. The Morgan fingerprint density at radius 3 is 2.68 bits per heavy atom. The van der Waals surface area contributed by atoms with E-state index in [9.17, 15) is 14.3 Å². The van der Waals surface area contributed by atoms with Gasteiger partial charge in [0.05, 0.1) is 10.7 Å². The number of halogens is 3. The summed E-state index contributed by atoms with van der Waals surface area (Å²) in [5.41, 5.74) is 1.91. The van der Waals surface area contributed by atoms with E-state index in [2.05, 4.69) is 0 Å². The van der Waals surface area contributed by atoms with E-state index in [4.69, 9.17) is 23.2 Å². The van der Waals surface area contributed by atoms with Gasteiger partial charge in [-0.2, -0.15) is 0 Å². The molecular weight excluding hydrogens is 328 g/mol. The van der Waals surface area contributed by atoms with Crippen LogP contribution in [0.15, 0.2) is 36.4 Å². The van der Waals surface area contributed by atoms with Crippen LogP contribution in [0, 0.1) is 5.82 Å². The number of benzene rings is 2. The number of hydrogen-bond donors (Lipinski definition) is 1. The molecule has 1 heterocycles. The number of nitrogens with zero attached hydrogens (tertiary/aromatic N) is 1. The highest BCUT2D eigenvalue weighted by molar-refractivity contribution is 6.36. The van der Waals surface area contributed by atoms with Crippen molar-refractivity contribution in [3.63, 3.8) is 0 Å². The Labute approximate surface area is 136 Å². The van der Waals surface area contributed by atoms with E-state index in [0.717, 1.165) is 0 Å². The summed E-state index contributed by atoms with van der Waals surface area (Å²) in [6.07, 6.45) is 0.551. The molecule has 1 aliphatic rings. The number of carbonyl (C=O) groups is 1. The molecule has 2 aromatic carbocycles. The van der Waals surface area contributed by atoms with Gasteiger partial charge in [-0.05, 0) is 47.9 Å². The SMILES string of the molecule is O=C(O)[C@H]1c2ccc(F)cc2CCN1c1ccc(Cl)cc1Cl. The first kappa shape index (κ1) is 15.1. The van der Waals surface area contributed by atoms with Crippen LogP contribution in [0.5, 0.6) is 0 Å². The summed E-state index contributed by atoms with van der Waals surface area (Å²) >= 11 is 12.1. The van der Waals surface area contributed by atoms with Crippen molar-refractivity contribution in [1.82, 2.24) is 0 Å². The number of aliphatic carboxylic acids is 1. The third-order valence-corrected chi connectivity index (χ3v) is 4.32. The van der Waals surface area contributed by atoms with Gasteiger partial charge in [0.25, 0.3) is 0 Å². The van der Waals surface area contributed by atoms with Gasteiger partial charge in [0, 0.05) is 11.6 Å². The van der Waals surface area contributed by atoms with Gasteiger partial charge < -0.3 is 10.0 Å². The molecule has 0 saturated carbocycles. The van der Waals surface area contributed by atoms with Crippen molar-refractivity contribution in [3.05, 3.63) is 63.4 Å². The second kappa shape index (κ2) is 5.78. The smallest absolute Gasteiger partial charge is 0.331 e. The topological polar surface area (TPSA) is 40.5 Å². The summed E-state index contributed by atoms with van der Waals surface area (Å²) < 4.78 is 13.4. The molecule has 0 aliphatic carbocycles. The lowest BCUT2D eigenvalue weighted by Gasteiger charge is -2.37. The highest BCUT2D eigenvalue weighted by Crippen LogP contribution is 2.38. The Hall–Kier alpha value is -1.78. The van der Waals surface area contributed by atoms with Crippen LogP contribution < -0.4 is 4.90 Å². The number of rotatable bonds is 2. The first-order chi connectivity index (χ1) is 10.5. The van der Waals surface area contributed by atoms with Gasteiger partial charge in [-0.25, -0.2) is 9.18 Å². The molecule has 1 atom stereocenters. The van der Waals surface area contributed by atoms with Crippen LogP contribution in [0.25, 0.3) is 0 Å². The minimum Gasteiger partial charge on any atom is -0.479 e. The Kier molecular flexibility index (Phi) is 3.98. The molecule has 0 unspecified atom stereocenters. The van der Waals surface area contributed by atoms with Crippen LogP contribution in [0.1, 0.15) is 17.2 Å². The third-order valence-electron chi connectivity index (χ3n) is 3.79. The Balaban J connectivity index is 2.09. The molecule has 2 aromatic rings. The van der Waals surface area contributed by atoms with E-state index in [-0.39, 0.29) is 5.82 Å². The minimum absolute atomic E-state index is 0.360. The Bertz CT molecular complexity index is 751. The summed E-state index contributed by atoms with van der Waals surface area (Å²) in [5, 5.41) is 10.5. The molecule has 0 fully saturated rings. The highest BCUT2D eigenvalue weighted by atomic mass is 35.5. The molecule has 3 rings (SSSR count). The van der Waals surface area contributed by atoms with Crippen LogP contribution in [-0.4, -0.2) is 17.6 Å². The summed E-state index contributed by atoms with van der Waals surface area (Å²) in [5.74, 6) is -1.36. The Morgan fingerprint density at radius 1 is 1.23 bits per heavy atom. The van der Waals surface area contributed by atoms with E-state index in [1.54, 1.807) is 23.1 Å². The second-order valence-electron chi connectivity index (χ2n) is 5.12. The van der Waals surface area contributed by atoms with Crippen molar-refractivity contribution in [2.45, 2.75) is 12.5 Å². The highest BCUT2D eigenvalue weighted by Gasteiger charge is 2.34. The molecule has 6 heteroatoms. The van der Waals surface area contributed by atoms with Crippen LogP contribution in [0.2, 0.25) is 10.0 Å². The van der Waals surface area contributed by atoms with Gasteiger partial charge in [0.2, 0.25) is 0 Å². The minimum atomic E-state index is -1.00. The van der Waals surface area contributed by atoms with Crippen molar-refractivity contribution in [2.24, 2.45) is 0 Å². The number of carboxylic acid groups (broad SMARTS) is 1. The summed E-state index contributed by atoms with van der Waals surface area (Å²) in [4.78, 5) is 13.5. The molecule has 22 heavy (non-hydrogen) atoms. The first-order valence-electron chi connectivity index (χ1n) is 6.70. The molecule has 0 aromatic heterocycles. The maximum absolute atomic E-state index is 13.4. The van der Waals surface area contributed by atoms with Crippen molar-refractivity contribution in [2.75, 3.05) is 11.4 Å².